The van der Waals surface area contributed by atoms with Gasteiger partial charge in [0.05, 0.1) is 17.7 Å². The number of rotatable bonds is 7. The highest BCUT2D eigenvalue weighted by molar-refractivity contribution is 7.99. The van der Waals surface area contributed by atoms with Crippen LogP contribution in [0.4, 0.5) is 0 Å². The smallest absolute Gasteiger partial charge is 0.223 e. The van der Waals surface area contributed by atoms with Gasteiger partial charge in [0.2, 0.25) is 5.91 Å². The van der Waals surface area contributed by atoms with Gasteiger partial charge in [-0.05, 0) is 18.6 Å². The Morgan fingerprint density at radius 3 is 3.17 bits per heavy atom. The van der Waals surface area contributed by atoms with Crippen LogP contribution in [0.5, 0.6) is 0 Å². The number of thiazole rings is 1. The lowest BCUT2D eigenvalue weighted by molar-refractivity contribution is -0.132. The number of aromatic nitrogens is 3. The Labute approximate surface area is 151 Å². The monoisotopic (exact) mass is 364 g/mol. The molecule has 1 aliphatic rings. The highest BCUT2D eigenvalue weighted by Crippen LogP contribution is 2.27. The molecule has 0 aromatic carbocycles. The minimum atomic E-state index is 0.290. The van der Waals surface area contributed by atoms with Crippen molar-refractivity contribution in [3.05, 3.63) is 34.8 Å². The second-order valence-electron chi connectivity index (χ2n) is 6.02. The van der Waals surface area contributed by atoms with E-state index in [9.17, 15) is 4.79 Å². The molecule has 2 aromatic heterocycles. The third-order valence-electron chi connectivity index (χ3n) is 4.37. The van der Waals surface area contributed by atoms with Gasteiger partial charge in [-0.1, -0.05) is 6.92 Å². The predicted octanol–water partition coefficient (Wildman–Crippen LogP) is 3.24. The van der Waals surface area contributed by atoms with Crippen molar-refractivity contribution in [3.8, 4) is 0 Å². The van der Waals surface area contributed by atoms with Crippen LogP contribution in [0, 0.1) is 0 Å². The zero-order valence-electron chi connectivity index (χ0n) is 14.1. The van der Waals surface area contributed by atoms with Crippen molar-refractivity contribution in [1.82, 2.24) is 19.4 Å². The summed E-state index contributed by atoms with van der Waals surface area (Å²) in [7, 11) is 0. The summed E-state index contributed by atoms with van der Waals surface area (Å²) in [4.78, 5) is 23.4. The fourth-order valence-corrected chi connectivity index (χ4v) is 4.34. The molecule has 2 aromatic rings. The molecule has 5 nitrogen and oxygen atoms in total. The van der Waals surface area contributed by atoms with E-state index in [-0.39, 0.29) is 0 Å². The molecular formula is C17H24N4OS2. The largest absolute Gasteiger partial charge is 0.342 e. The van der Waals surface area contributed by atoms with E-state index in [4.69, 9.17) is 0 Å². The van der Waals surface area contributed by atoms with Gasteiger partial charge < -0.3 is 9.47 Å². The van der Waals surface area contributed by atoms with E-state index in [1.165, 1.54) is 0 Å². The number of piperidine rings is 1. The maximum absolute atomic E-state index is 12.4. The Hall–Kier alpha value is -1.34. The van der Waals surface area contributed by atoms with Crippen LogP contribution >= 0.6 is 23.1 Å². The Balaban J connectivity index is 1.62. The van der Waals surface area contributed by atoms with Gasteiger partial charge in [-0.3, -0.25) is 4.79 Å². The number of carbonyl (C=O) groups excluding carboxylic acids is 1. The van der Waals surface area contributed by atoms with E-state index in [2.05, 4.69) is 26.8 Å². The second-order valence-corrected chi connectivity index (χ2v) is 8.13. The van der Waals surface area contributed by atoms with Crippen molar-refractivity contribution in [1.29, 1.82) is 0 Å². The molecule has 0 radical (unpaired) electrons. The Kier molecular flexibility index (Phi) is 6.31. The average Bonchev–Trinajstić information content (AvgIpc) is 3.27. The Morgan fingerprint density at radius 1 is 1.46 bits per heavy atom. The zero-order chi connectivity index (χ0) is 16.8. The normalized spacial score (nSPS) is 18.0. The van der Waals surface area contributed by atoms with Gasteiger partial charge >= 0.3 is 0 Å². The topological polar surface area (TPSA) is 51.0 Å². The van der Waals surface area contributed by atoms with Crippen LogP contribution < -0.4 is 0 Å². The summed E-state index contributed by atoms with van der Waals surface area (Å²) in [5.74, 6) is 3.70. The molecule has 130 valence electrons. The van der Waals surface area contributed by atoms with Crippen LogP contribution in [0.25, 0.3) is 0 Å². The molecular weight excluding hydrogens is 340 g/mol. The summed E-state index contributed by atoms with van der Waals surface area (Å²) >= 11 is 3.45. The molecule has 1 fully saturated rings. The van der Waals surface area contributed by atoms with Crippen molar-refractivity contribution in [3.63, 3.8) is 0 Å². The standard InChI is InChI=1S/C17H24N4OS2/c1-2-23-9-5-16(22)20-7-3-4-14(10-20)17-18-6-8-21(17)11-15-12-24-13-19-15/h6,8,12-14H,2-5,7,9-11H2,1H3. The predicted molar refractivity (Wildman–Crippen MR) is 99.6 cm³/mol. The SMILES string of the molecule is CCSCCC(=O)N1CCCC(c2nccn2Cc2cscn2)C1. The molecule has 1 aliphatic heterocycles. The van der Waals surface area contributed by atoms with Crippen molar-refractivity contribution in [2.45, 2.75) is 38.6 Å². The first kappa shape index (κ1) is 17.5. The van der Waals surface area contributed by atoms with Gasteiger partial charge in [0.25, 0.3) is 0 Å². The maximum atomic E-state index is 12.4. The number of hydrogen-bond acceptors (Lipinski definition) is 5. The lowest BCUT2D eigenvalue weighted by atomic mass is 9.97. The van der Waals surface area contributed by atoms with E-state index < -0.39 is 0 Å². The lowest BCUT2D eigenvalue weighted by Crippen LogP contribution is -2.40. The van der Waals surface area contributed by atoms with Crippen LogP contribution in [-0.2, 0) is 11.3 Å². The Bertz CT molecular complexity index is 641. The number of thioether (sulfide) groups is 1. The van der Waals surface area contributed by atoms with E-state index in [0.717, 1.165) is 55.5 Å². The summed E-state index contributed by atoms with van der Waals surface area (Å²) in [5.41, 5.74) is 2.93. The average molecular weight is 365 g/mol. The molecule has 1 saturated heterocycles. The molecule has 1 amide bonds. The van der Waals surface area contributed by atoms with Gasteiger partial charge in [0, 0.05) is 49.0 Å². The van der Waals surface area contributed by atoms with E-state index in [1.807, 2.05) is 34.6 Å². The van der Waals surface area contributed by atoms with Crippen molar-refractivity contribution < 1.29 is 4.79 Å². The lowest BCUT2D eigenvalue weighted by Gasteiger charge is -2.32. The molecule has 0 N–H and O–H groups in total. The summed E-state index contributed by atoms with van der Waals surface area (Å²) in [5, 5.41) is 2.08. The number of imidazole rings is 1. The van der Waals surface area contributed by atoms with Crippen LogP contribution in [0.3, 0.4) is 0 Å². The third kappa shape index (κ3) is 4.39. The molecule has 7 heteroatoms. The minimum absolute atomic E-state index is 0.290. The molecule has 0 saturated carbocycles. The van der Waals surface area contributed by atoms with Crippen LogP contribution in [0.15, 0.2) is 23.3 Å². The number of hydrogen-bond donors (Lipinski definition) is 0. The summed E-state index contributed by atoms with van der Waals surface area (Å²) < 4.78 is 2.18. The van der Waals surface area contributed by atoms with Gasteiger partial charge in [-0.2, -0.15) is 11.8 Å². The fourth-order valence-electron chi connectivity index (χ4n) is 3.18. The number of nitrogens with zero attached hydrogens (tertiary/aromatic N) is 4. The maximum Gasteiger partial charge on any atom is 0.223 e. The quantitative estimate of drug-likeness (QED) is 0.708. The molecule has 1 atom stereocenters. The van der Waals surface area contributed by atoms with Gasteiger partial charge in [-0.25, -0.2) is 9.97 Å². The third-order valence-corrected chi connectivity index (χ3v) is 5.90. The van der Waals surface area contributed by atoms with Crippen molar-refractivity contribution in [2.75, 3.05) is 24.6 Å². The number of likely N-dealkylation sites (tertiary alicyclic amines) is 1. The van der Waals surface area contributed by atoms with E-state index in [0.29, 0.717) is 18.2 Å². The Morgan fingerprint density at radius 2 is 2.38 bits per heavy atom. The minimum Gasteiger partial charge on any atom is -0.342 e. The van der Waals surface area contributed by atoms with Gasteiger partial charge in [-0.15, -0.1) is 11.3 Å². The van der Waals surface area contributed by atoms with Crippen molar-refractivity contribution in [2.24, 2.45) is 0 Å². The first-order valence-corrected chi connectivity index (χ1v) is 10.6. The van der Waals surface area contributed by atoms with Gasteiger partial charge in [0.1, 0.15) is 5.82 Å². The first-order valence-electron chi connectivity index (χ1n) is 8.51. The second kappa shape index (κ2) is 8.67. The summed E-state index contributed by atoms with van der Waals surface area (Å²) in [6.45, 7) is 4.58. The molecule has 0 spiro atoms. The molecule has 3 heterocycles. The molecule has 1 unspecified atom stereocenters. The van der Waals surface area contributed by atoms with E-state index >= 15 is 0 Å². The molecule has 0 bridgehead atoms. The van der Waals surface area contributed by atoms with Crippen LogP contribution in [-0.4, -0.2) is 49.9 Å². The summed E-state index contributed by atoms with van der Waals surface area (Å²) in [6.07, 6.45) is 6.69. The highest BCUT2D eigenvalue weighted by Gasteiger charge is 2.27. The highest BCUT2D eigenvalue weighted by atomic mass is 32.2. The van der Waals surface area contributed by atoms with E-state index in [1.54, 1.807) is 11.3 Å². The summed E-state index contributed by atoms with van der Waals surface area (Å²) in [6, 6.07) is 0. The zero-order valence-corrected chi connectivity index (χ0v) is 15.7. The first-order chi connectivity index (χ1) is 11.8. The van der Waals surface area contributed by atoms with Crippen LogP contribution in [0.1, 0.15) is 43.6 Å². The number of amides is 1. The molecule has 24 heavy (non-hydrogen) atoms. The molecule has 3 rings (SSSR count). The fraction of sp³-hybridized carbons (Fsp3) is 0.588. The van der Waals surface area contributed by atoms with Gasteiger partial charge in [0.15, 0.2) is 0 Å². The van der Waals surface area contributed by atoms with Crippen molar-refractivity contribution >= 4 is 29.0 Å². The van der Waals surface area contributed by atoms with Crippen LogP contribution in [0.2, 0.25) is 0 Å². The molecule has 0 aliphatic carbocycles. The number of carbonyl (C=O) groups is 1.